The van der Waals surface area contributed by atoms with Gasteiger partial charge in [-0.2, -0.15) is 0 Å². The molecule has 0 radical (unpaired) electrons. The Hall–Kier alpha value is -1.31. The summed E-state index contributed by atoms with van der Waals surface area (Å²) in [5.74, 6) is 0.639. The number of hydrogen-bond donors (Lipinski definition) is 3. The Balaban J connectivity index is 1.96. The molecule has 18 heavy (non-hydrogen) atoms. The number of halogens is 1. The van der Waals surface area contributed by atoms with Gasteiger partial charge in [0.2, 0.25) is 12.7 Å². The van der Waals surface area contributed by atoms with Crippen molar-refractivity contribution in [3.05, 3.63) is 22.2 Å². The Morgan fingerprint density at radius 3 is 2.83 bits per heavy atom. The van der Waals surface area contributed by atoms with Crippen molar-refractivity contribution < 1.29 is 19.4 Å². The number of hydrogen-bond acceptors (Lipinski definition) is 5. The van der Waals surface area contributed by atoms with E-state index in [-0.39, 0.29) is 13.3 Å². The molecular weight excluding hydrogens is 304 g/mol. The lowest BCUT2D eigenvalue weighted by Crippen LogP contribution is -2.37. The molecule has 1 heterocycles. The molecule has 7 heteroatoms. The van der Waals surface area contributed by atoms with Crippen LogP contribution >= 0.6 is 15.9 Å². The number of nitrogens with two attached hydrogens (primary N) is 1. The molecule has 0 bridgehead atoms. The lowest BCUT2D eigenvalue weighted by Gasteiger charge is -2.10. The maximum atomic E-state index is 10.6. The second-order valence-electron chi connectivity index (χ2n) is 3.85. The van der Waals surface area contributed by atoms with E-state index in [9.17, 15) is 9.90 Å². The van der Waals surface area contributed by atoms with Crippen LogP contribution in [0.2, 0.25) is 0 Å². The summed E-state index contributed by atoms with van der Waals surface area (Å²) in [6.07, 6.45) is -1.18. The molecule has 0 spiro atoms. The van der Waals surface area contributed by atoms with Crippen molar-refractivity contribution in [1.29, 1.82) is 0 Å². The monoisotopic (exact) mass is 316 g/mol. The van der Waals surface area contributed by atoms with Crippen molar-refractivity contribution >= 4 is 21.8 Å². The third-order valence-corrected chi connectivity index (χ3v) is 3.26. The van der Waals surface area contributed by atoms with Gasteiger partial charge in [0.15, 0.2) is 11.5 Å². The lowest BCUT2D eigenvalue weighted by atomic mass is 10.2. The van der Waals surface area contributed by atoms with Gasteiger partial charge in [0.1, 0.15) is 6.10 Å². The predicted molar refractivity (Wildman–Crippen MR) is 67.2 cm³/mol. The molecule has 98 valence electrons. The highest BCUT2D eigenvalue weighted by atomic mass is 79.9. The number of carbonyl (C=O) groups is 1. The number of primary amides is 1. The molecule has 6 nitrogen and oxygen atoms in total. The maximum Gasteiger partial charge on any atom is 0.247 e. The van der Waals surface area contributed by atoms with Crippen molar-refractivity contribution in [2.45, 2.75) is 12.6 Å². The Bertz CT molecular complexity index is 467. The molecule has 0 aromatic heterocycles. The third kappa shape index (κ3) is 2.92. The zero-order valence-corrected chi connectivity index (χ0v) is 11.1. The summed E-state index contributed by atoms with van der Waals surface area (Å²) in [7, 11) is 0. The number of ether oxygens (including phenoxy) is 2. The van der Waals surface area contributed by atoms with Gasteiger partial charge in [0.05, 0.1) is 0 Å². The highest BCUT2D eigenvalue weighted by molar-refractivity contribution is 9.10. The molecule has 1 aromatic carbocycles. The smallest absolute Gasteiger partial charge is 0.247 e. The van der Waals surface area contributed by atoms with Gasteiger partial charge in [0.25, 0.3) is 0 Å². The molecular formula is C11H13BrN2O4. The first kappa shape index (κ1) is 13.1. The summed E-state index contributed by atoms with van der Waals surface area (Å²) in [6.45, 7) is 0.802. The van der Waals surface area contributed by atoms with E-state index in [1.165, 1.54) is 0 Å². The SMILES string of the molecule is NC(=O)C(O)CNCc1cc2c(cc1Br)OCO2. The van der Waals surface area contributed by atoms with Gasteiger partial charge in [-0.1, -0.05) is 15.9 Å². The second-order valence-corrected chi connectivity index (χ2v) is 4.70. The Kier molecular flexibility index (Phi) is 4.05. The fraction of sp³-hybridized carbons (Fsp3) is 0.364. The van der Waals surface area contributed by atoms with Crippen LogP contribution in [0.25, 0.3) is 0 Å². The zero-order chi connectivity index (χ0) is 13.1. The number of amides is 1. The number of carbonyl (C=O) groups excluding carboxylic acids is 1. The average Bonchev–Trinajstić information content (AvgIpc) is 2.75. The molecule has 0 fully saturated rings. The van der Waals surface area contributed by atoms with E-state index < -0.39 is 12.0 Å². The number of aliphatic hydroxyl groups excluding tert-OH is 1. The first-order valence-corrected chi connectivity index (χ1v) is 6.13. The molecule has 0 saturated heterocycles. The van der Waals surface area contributed by atoms with Crippen LogP contribution in [-0.4, -0.2) is 30.5 Å². The highest BCUT2D eigenvalue weighted by Crippen LogP contribution is 2.36. The summed E-state index contributed by atoms with van der Waals surface area (Å²) in [4.78, 5) is 10.6. The van der Waals surface area contributed by atoms with E-state index in [2.05, 4.69) is 21.2 Å². The van der Waals surface area contributed by atoms with Gasteiger partial charge in [-0.3, -0.25) is 4.79 Å². The molecule has 2 rings (SSSR count). The predicted octanol–water partition coefficient (Wildman–Crippen LogP) is 0.114. The van der Waals surface area contributed by atoms with Crippen LogP contribution in [0, 0.1) is 0 Å². The first-order chi connectivity index (χ1) is 8.58. The summed E-state index contributed by atoms with van der Waals surface area (Å²) >= 11 is 3.42. The minimum absolute atomic E-state index is 0.107. The van der Waals surface area contributed by atoms with Crippen molar-refractivity contribution in [1.82, 2.24) is 5.32 Å². The summed E-state index contributed by atoms with van der Waals surface area (Å²) in [6, 6.07) is 3.67. The third-order valence-electron chi connectivity index (χ3n) is 2.52. The van der Waals surface area contributed by atoms with Gasteiger partial charge >= 0.3 is 0 Å². The Morgan fingerprint density at radius 1 is 1.50 bits per heavy atom. The number of benzene rings is 1. The average molecular weight is 317 g/mol. The van der Waals surface area contributed by atoms with Crippen molar-refractivity contribution in [2.75, 3.05) is 13.3 Å². The van der Waals surface area contributed by atoms with Crippen LogP contribution in [0.5, 0.6) is 11.5 Å². The van der Waals surface area contributed by atoms with Crippen LogP contribution in [0.3, 0.4) is 0 Å². The molecule has 1 atom stereocenters. The van der Waals surface area contributed by atoms with E-state index in [0.29, 0.717) is 18.0 Å². The Morgan fingerprint density at radius 2 is 2.17 bits per heavy atom. The van der Waals surface area contributed by atoms with Crippen LogP contribution in [0.1, 0.15) is 5.56 Å². The number of rotatable bonds is 5. The molecule has 1 aromatic rings. The molecule has 1 aliphatic rings. The van der Waals surface area contributed by atoms with Crippen molar-refractivity contribution in [3.63, 3.8) is 0 Å². The van der Waals surface area contributed by atoms with Crippen LogP contribution in [0.4, 0.5) is 0 Å². The van der Waals surface area contributed by atoms with Gasteiger partial charge in [0, 0.05) is 17.6 Å². The van der Waals surface area contributed by atoms with E-state index in [1.807, 2.05) is 12.1 Å². The summed E-state index contributed by atoms with van der Waals surface area (Å²) in [5, 5.41) is 12.2. The topological polar surface area (TPSA) is 93.8 Å². The number of aliphatic hydroxyl groups is 1. The van der Waals surface area contributed by atoms with Crippen LogP contribution in [-0.2, 0) is 11.3 Å². The highest BCUT2D eigenvalue weighted by Gasteiger charge is 2.16. The van der Waals surface area contributed by atoms with E-state index in [0.717, 1.165) is 10.0 Å². The van der Waals surface area contributed by atoms with Crippen molar-refractivity contribution in [2.24, 2.45) is 5.73 Å². The van der Waals surface area contributed by atoms with Gasteiger partial charge in [-0.05, 0) is 17.7 Å². The molecule has 0 saturated carbocycles. The quantitative estimate of drug-likeness (QED) is 0.717. The van der Waals surface area contributed by atoms with Crippen LogP contribution in [0.15, 0.2) is 16.6 Å². The Labute approximate surface area is 112 Å². The zero-order valence-electron chi connectivity index (χ0n) is 9.48. The van der Waals surface area contributed by atoms with Gasteiger partial charge in [-0.15, -0.1) is 0 Å². The minimum atomic E-state index is -1.18. The van der Waals surface area contributed by atoms with Gasteiger partial charge in [-0.25, -0.2) is 0 Å². The van der Waals surface area contributed by atoms with E-state index >= 15 is 0 Å². The second kappa shape index (κ2) is 5.55. The standard InChI is InChI=1S/C11H13BrN2O4/c12-7-2-10-9(17-5-18-10)1-6(7)3-14-4-8(15)11(13)16/h1-2,8,14-15H,3-5H2,(H2,13,16). The number of fused-ring (bicyclic) bond motifs is 1. The van der Waals surface area contributed by atoms with Crippen LogP contribution < -0.4 is 20.5 Å². The fourth-order valence-electron chi connectivity index (χ4n) is 1.54. The normalized spacial score (nSPS) is 14.6. The minimum Gasteiger partial charge on any atom is -0.454 e. The lowest BCUT2D eigenvalue weighted by molar-refractivity contribution is -0.125. The first-order valence-electron chi connectivity index (χ1n) is 5.34. The fourth-order valence-corrected chi connectivity index (χ4v) is 2.00. The maximum absolute atomic E-state index is 10.6. The van der Waals surface area contributed by atoms with E-state index in [4.69, 9.17) is 15.2 Å². The van der Waals surface area contributed by atoms with Gasteiger partial charge < -0.3 is 25.6 Å². The molecule has 4 N–H and O–H groups in total. The summed E-state index contributed by atoms with van der Waals surface area (Å²) < 4.78 is 11.4. The molecule has 1 unspecified atom stereocenters. The summed E-state index contributed by atoms with van der Waals surface area (Å²) in [5.41, 5.74) is 5.89. The number of nitrogens with one attached hydrogen (secondary N) is 1. The largest absolute Gasteiger partial charge is 0.454 e. The van der Waals surface area contributed by atoms with Crippen molar-refractivity contribution in [3.8, 4) is 11.5 Å². The molecule has 1 aliphatic heterocycles. The van der Waals surface area contributed by atoms with E-state index in [1.54, 1.807) is 0 Å². The molecule has 0 aliphatic carbocycles. The molecule has 1 amide bonds.